The second-order valence-corrected chi connectivity index (χ2v) is 5.45. The average molecular weight is 309 g/mol. The van der Waals surface area contributed by atoms with Crippen molar-refractivity contribution in [3.8, 4) is 5.75 Å². The number of benzene rings is 2. The Morgan fingerprint density at radius 1 is 1.14 bits per heavy atom. The summed E-state index contributed by atoms with van der Waals surface area (Å²) >= 11 is 1.51. The first-order chi connectivity index (χ1) is 10.9. The van der Waals surface area contributed by atoms with Crippen molar-refractivity contribution < 1.29 is 4.74 Å². The zero-order valence-corrected chi connectivity index (χ0v) is 12.7. The van der Waals surface area contributed by atoms with Crippen molar-refractivity contribution in [2.24, 2.45) is 5.10 Å². The molecule has 0 amide bonds. The first-order valence-corrected chi connectivity index (χ1v) is 7.73. The normalized spacial score (nSPS) is 10.7. The summed E-state index contributed by atoms with van der Waals surface area (Å²) in [5.41, 5.74) is 5.00. The fourth-order valence-corrected chi connectivity index (χ4v) is 2.34. The Morgan fingerprint density at radius 2 is 2.05 bits per heavy atom. The van der Waals surface area contributed by atoms with Gasteiger partial charge in [0.05, 0.1) is 6.21 Å². The molecular formula is C17H15N3OS. The summed E-state index contributed by atoms with van der Waals surface area (Å²) in [4.78, 5) is 4.10. The van der Waals surface area contributed by atoms with E-state index in [1.165, 1.54) is 11.3 Å². The topological polar surface area (TPSA) is 46.5 Å². The predicted octanol–water partition coefficient (Wildman–Crippen LogP) is 4.17. The molecule has 110 valence electrons. The van der Waals surface area contributed by atoms with Crippen molar-refractivity contribution in [3.05, 3.63) is 77.3 Å². The molecule has 0 bridgehead atoms. The van der Waals surface area contributed by atoms with E-state index in [2.05, 4.69) is 15.5 Å². The van der Waals surface area contributed by atoms with Gasteiger partial charge in [0, 0.05) is 11.6 Å². The third kappa shape index (κ3) is 4.17. The minimum Gasteiger partial charge on any atom is -0.489 e. The third-order valence-corrected chi connectivity index (χ3v) is 3.59. The van der Waals surface area contributed by atoms with E-state index in [1.807, 2.05) is 60.0 Å². The summed E-state index contributed by atoms with van der Waals surface area (Å²) in [6.45, 7) is 0.554. The van der Waals surface area contributed by atoms with Gasteiger partial charge in [-0.15, -0.1) is 11.3 Å². The largest absolute Gasteiger partial charge is 0.489 e. The molecule has 0 aliphatic heterocycles. The lowest BCUT2D eigenvalue weighted by Crippen LogP contribution is -1.96. The van der Waals surface area contributed by atoms with E-state index in [0.29, 0.717) is 6.61 Å². The zero-order chi connectivity index (χ0) is 15.0. The number of nitrogens with zero attached hydrogens (tertiary/aromatic N) is 2. The minimum absolute atomic E-state index is 0.554. The van der Waals surface area contributed by atoms with E-state index in [9.17, 15) is 0 Å². The fourth-order valence-electron chi connectivity index (χ4n) is 1.87. The number of rotatable bonds is 6. The fraction of sp³-hybridized carbons (Fsp3) is 0.0588. The van der Waals surface area contributed by atoms with Gasteiger partial charge < -0.3 is 4.74 Å². The second-order valence-electron chi connectivity index (χ2n) is 4.55. The Labute approximate surface area is 133 Å². The molecule has 0 saturated heterocycles. The number of hydrogen-bond acceptors (Lipinski definition) is 5. The molecule has 0 aliphatic carbocycles. The van der Waals surface area contributed by atoms with Gasteiger partial charge >= 0.3 is 0 Å². The van der Waals surface area contributed by atoms with Crippen LogP contribution in [0.25, 0.3) is 0 Å². The van der Waals surface area contributed by atoms with Gasteiger partial charge in [-0.05, 0) is 23.3 Å². The van der Waals surface area contributed by atoms with Crippen LogP contribution >= 0.6 is 11.3 Å². The number of hydrazone groups is 1. The van der Waals surface area contributed by atoms with Crippen molar-refractivity contribution in [1.29, 1.82) is 0 Å². The molecule has 1 aromatic heterocycles. The van der Waals surface area contributed by atoms with Crippen LogP contribution in [0.5, 0.6) is 5.75 Å². The molecule has 0 aliphatic rings. The number of hydrogen-bond donors (Lipinski definition) is 1. The number of aromatic nitrogens is 1. The van der Waals surface area contributed by atoms with Crippen LogP contribution < -0.4 is 10.2 Å². The Morgan fingerprint density at radius 3 is 2.86 bits per heavy atom. The summed E-state index contributed by atoms with van der Waals surface area (Å²) < 4.78 is 5.79. The van der Waals surface area contributed by atoms with Crippen molar-refractivity contribution in [2.45, 2.75) is 6.61 Å². The van der Waals surface area contributed by atoms with Crippen LogP contribution in [0, 0.1) is 0 Å². The van der Waals surface area contributed by atoms with Crippen molar-refractivity contribution in [1.82, 2.24) is 4.98 Å². The smallest absolute Gasteiger partial charge is 0.203 e. The van der Waals surface area contributed by atoms with Crippen molar-refractivity contribution in [2.75, 3.05) is 5.43 Å². The Bertz CT molecular complexity index is 727. The average Bonchev–Trinajstić information content (AvgIpc) is 3.08. The van der Waals surface area contributed by atoms with E-state index in [-0.39, 0.29) is 0 Å². The molecule has 0 spiro atoms. The second kappa shape index (κ2) is 7.38. The highest BCUT2D eigenvalue weighted by molar-refractivity contribution is 7.13. The SMILES string of the molecule is C(=NNc1nccs1)c1cccc(OCc2ccccc2)c1. The lowest BCUT2D eigenvalue weighted by Gasteiger charge is -2.06. The number of nitrogens with one attached hydrogen (secondary N) is 1. The van der Waals surface area contributed by atoms with E-state index >= 15 is 0 Å². The predicted molar refractivity (Wildman–Crippen MR) is 90.5 cm³/mol. The molecule has 3 rings (SSSR count). The maximum absolute atomic E-state index is 5.79. The zero-order valence-electron chi connectivity index (χ0n) is 11.8. The first-order valence-electron chi connectivity index (χ1n) is 6.85. The van der Waals surface area contributed by atoms with Crippen LogP contribution in [0.15, 0.2) is 71.3 Å². The molecule has 4 nitrogen and oxygen atoms in total. The molecule has 0 fully saturated rings. The molecule has 0 radical (unpaired) electrons. The van der Waals surface area contributed by atoms with Crippen LogP contribution in [0.3, 0.4) is 0 Å². The van der Waals surface area contributed by atoms with Crippen LogP contribution in [0.4, 0.5) is 5.13 Å². The van der Waals surface area contributed by atoms with Crippen LogP contribution in [-0.2, 0) is 6.61 Å². The summed E-state index contributed by atoms with van der Waals surface area (Å²) in [6, 6.07) is 17.9. The molecule has 2 aromatic carbocycles. The summed E-state index contributed by atoms with van der Waals surface area (Å²) in [6.07, 6.45) is 3.48. The molecule has 5 heteroatoms. The van der Waals surface area contributed by atoms with Gasteiger partial charge in [0.2, 0.25) is 5.13 Å². The monoisotopic (exact) mass is 309 g/mol. The molecule has 22 heavy (non-hydrogen) atoms. The molecule has 1 heterocycles. The molecular weight excluding hydrogens is 294 g/mol. The Kier molecular flexibility index (Phi) is 4.79. The minimum atomic E-state index is 0.554. The standard InChI is InChI=1S/C17H15N3OS/c1-2-5-14(6-3-1)13-21-16-8-4-7-15(11-16)12-19-20-17-18-9-10-22-17/h1-12H,13H2,(H,18,20). The van der Waals surface area contributed by atoms with Crippen molar-refractivity contribution >= 4 is 22.7 Å². The van der Waals surface area contributed by atoms with E-state index in [1.54, 1.807) is 12.4 Å². The van der Waals surface area contributed by atoms with E-state index in [4.69, 9.17) is 4.74 Å². The lowest BCUT2D eigenvalue weighted by atomic mass is 10.2. The highest BCUT2D eigenvalue weighted by atomic mass is 32.1. The van der Waals surface area contributed by atoms with Crippen LogP contribution in [0.1, 0.15) is 11.1 Å². The molecule has 0 saturated carbocycles. The van der Waals surface area contributed by atoms with Gasteiger partial charge in [-0.1, -0.05) is 42.5 Å². The van der Waals surface area contributed by atoms with Gasteiger partial charge in [-0.25, -0.2) is 4.98 Å². The summed E-state index contributed by atoms with van der Waals surface area (Å²) in [5, 5.41) is 6.83. The van der Waals surface area contributed by atoms with Gasteiger partial charge in [0.1, 0.15) is 12.4 Å². The first kappa shape index (κ1) is 14.3. The number of anilines is 1. The number of ether oxygens (including phenoxy) is 1. The lowest BCUT2D eigenvalue weighted by molar-refractivity contribution is 0.306. The van der Waals surface area contributed by atoms with E-state index in [0.717, 1.165) is 22.0 Å². The Balaban J connectivity index is 1.58. The number of thiazole rings is 1. The van der Waals surface area contributed by atoms with Gasteiger partial charge in [0.25, 0.3) is 0 Å². The highest BCUT2D eigenvalue weighted by Crippen LogP contribution is 2.15. The third-order valence-electron chi connectivity index (χ3n) is 2.91. The van der Waals surface area contributed by atoms with Crippen LogP contribution in [0.2, 0.25) is 0 Å². The maximum Gasteiger partial charge on any atom is 0.203 e. The molecule has 0 atom stereocenters. The molecule has 0 unspecified atom stereocenters. The maximum atomic E-state index is 5.79. The van der Waals surface area contributed by atoms with Gasteiger partial charge in [-0.2, -0.15) is 5.10 Å². The van der Waals surface area contributed by atoms with Gasteiger partial charge in [-0.3, -0.25) is 5.43 Å². The van der Waals surface area contributed by atoms with Crippen molar-refractivity contribution in [3.63, 3.8) is 0 Å². The van der Waals surface area contributed by atoms with E-state index < -0.39 is 0 Å². The Hall–Kier alpha value is -2.66. The quantitative estimate of drug-likeness (QED) is 0.549. The molecule has 3 aromatic rings. The molecule has 1 N–H and O–H groups in total. The summed E-state index contributed by atoms with van der Waals surface area (Å²) in [5.74, 6) is 0.821. The van der Waals surface area contributed by atoms with Gasteiger partial charge in [0.15, 0.2) is 0 Å². The summed E-state index contributed by atoms with van der Waals surface area (Å²) in [7, 11) is 0. The van der Waals surface area contributed by atoms with Crippen LogP contribution in [-0.4, -0.2) is 11.2 Å². The highest BCUT2D eigenvalue weighted by Gasteiger charge is 1.97.